The molecule has 9 nitrogen and oxygen atoms in total. The van der Waals surface area contributed by atoms with Crippen LogP contribution in [0.5, 0.6) is 11.5 Å². The number of aromatic hydroxyl groups is 1. The number of ketones is 1. The van der Waals surface area contributed by atoms with E-state index in [2.05, 4.69) is 10.6 Å². The van der Waals surface area contributed by atoms with Gasteiger partial charge < -0.3 is 24.9 Å². The molecule has 4 aromatic rings. The van der Waals surface area contributed by atoms with Crippen LogP contribution in [0.4, 0.5) is 11.4 Å². The highest BCUT2D eigenvalue weighted by molar-refractivity contribution is 6.31. The van der Waals surface area contributed by atoms with E-state index in [1.807, 2.05) is 44.2 Å². The zero-order valence-electron chi connectivity index (χ0n) is 26.2. The van der Waals surface area contributed by atoms with Gasteiger partial charge in [0.05, 0.1) is 24.5 Å². The summed E-state index contributed by atoms with van der Waals surface area (Å²) in [6.45, 7) is 4.56. The van der Waals surface area contributed by atoms with Gasteiger partial charge in [-0.25, -0.2) is 0 Å². The van der Waals surface area contributed by atoms with Crippen LogP contribution in [0.2, 0.25) is 5.02 Å². The molecule has 2 amide bonds. The number of benzene rings is 3. The molecule has 1 aromatic heterocycles. The lowest BCUT2D eigenvalue weighted by atomic mass is 9.73. The number of Topliss-reactive ketones (excluding diaryl/α,β-unsaturated/α-hetero) is 1. The molecule has 0 spiro atoms. The number of carbonyl (C=O) groups excluding carboxylic acids is 3. The Labute approximate surface area is 278 Å². The van der Waals surface area contributed by atoms with E-state index in [4.69, 9.17) is 20.8 Å². The van der Waals surface area contributed by atoms with Gasteiger partial charge in [-0.05, 0) is 59.4 Å². The Morgan fingerprint density at radius 3 is 2.60 bits per heavy atom. The van der Waals surface area contributed by atoms with Crippen molar-refractivity contribution in [2.24, 2.45) is 5.41 Å². The second-order valence-electron chi connectivity index (χ2n) is 12.6. The Hall–Kier alpha value is -5.02. The van der Waals surface area contributed by atoms with Gasteiger partial charge in [-0.3, -0.25) is 19.3 Å². The number of ether oxygens (including phenoxy) is 1. The molecule has 2 aliphatic rings. The number of nitrogens with one attached hydrogen (secondary N) is 2. The molecule has 1 aliphatic heterocycles. The van der Waals surface area contributed by atoms with E-state index in [1.54, 1.807) is 42.5 Å². The molecule has 3 N–H and O–H groups in total. The van der Waals surface area contributed by atoms with Crippen LogP contribution in [-0.4, -0.2) is 22.7 Å². The highest BCUT2D eigenvalue weighted by Gasteiger charge is 2.44. The number of hydrogen-bond donors (Lipinski definition) is 3. The smallest absolute Gasteiger partial charge is 0.228 e. The molecule has 6 rings (SSSR count). The lowest BCUT2D eigenvalue weighted by molar-refractivity contribution is -0.125. The van der Waals surface area contributed by atoms with Gasteiger partial charge in [-0.2, -0.15) is 0 Å². The molecule has 0 fully saturated rings. The minimum Gasteiger partial charge on any atom is -0.506 e. The summed E-state index contributed by atoms with van der Waals surface area (Å²) in [7, 11) is 0. The molecule has 0 saturated heterocycles. The molecule has 0 radical (unpaired) electrons. The molecule has 0 bridgehead atoms. The molecule has 1 unspecified atom stereocenters. The topological polar surface area (TPSA) is 121 Å². The number of rotatable bonds is 9. The first-order valence-corrected chi connectivity index (χ1v) is 15.9. The lowest BCUT2D eigenvalue weighted by Crippen LogP contribution is -2.40. The average Bonchev–Trinajstić information content (AvgIpc) is 3.51. The Morgan fingerprint density at radius 2 is 1.85 bits per heavy atom. The summed E-state index contributed by atoms with van der Waals surface area (Å²) in [6, 6.07) is 22.4. The van der Waals surface area contributed by atoms with E-state index < -0.39 is 11.9 Å². The van der Waals surface area contributed by atoms with E-state index in [1.165, 1.54) is 17.2 Å². The SMILES string of the molecule is CC1(C)CC(=O)C2=C(C1)Nc1c(O)cccc1N(C(=O)CCC(=O)NCc1ccco1)C2c1ccc(OCc2ccccc2)cc1Cl. The van der Waals surface area contributed by atoms with Gasteiger partial charge in [-0.15, -0.1) is 0 Å². The fourth-order valence-corrected chi connectivity index (χ4v) is 6.47. The highest BCUT2D eigenvalue weighted by Crippen LogP contribution is 2.51. The molecule has 3 aromatic carbocycles. The number of para-hydroxylation sites is 1. The summed E-state index contributed by atoms with van der Waals surface area (Å²) in [6.07, 6.45) is 2.03. The monoisotopic (exact) mass is 653 g/mol. The molecule has 0 saturated carbocycles. The molecule has 242 valence electrons. The number of amides is 2. The normalized spacial score (nSPS) is 16.9. The van der Waals surface area contributed by atoms with Crippen LogP contribution in [0.15, 0.2) is 101 Å². The number of halogens is 1. The van der Waals surface area contributed by atoms with E-state index in [0.717, 1.165) is 5.56 Å². The van der Waals surface area contributed by atoms with E-state index in [-0.39, 0.29) is 48.7 Å². The van der Waals surface area contributed by atoms with Crippen molar-refractivity contribution in [2.45, 2.75) is 58.7 Å². The van der Waals surface area contributed by atoms with Crippen molar-refractivity contribution in [2.75, 3.05) is 10.2 Å². The Bertz CT molecular complexity index is 1830. The van der Waals surface area contributed by atoms with E-state index in [9.17, 15) is 19.5 Å². The Morgan fingerprint density at radius 1 is 1.04 bits per heavy atom. The van der Waals surface area contributed by atoms with Crippen LogP contribution in [0.25, 0.3) is 0 Å². The fourth-order valence-electron chi connectivity index (χ4n) is 6.20. The average molecular weight is 654 g/mol. The van der Waals surface area contributed by atoms with Crippen molar-refractivity contribution >= 4 is 40.6 Å². The maximum absolute atomic E-state index is 14.3. The lowest BCUT2D eigenvalue weighted by Gasteiger charge is -2.37. The molecule has 1 aliphatic carbocycles. The van der Waals surface area contributed by atoms with Crippen molar-refractivity contribution in [3.63, 3.8) is 0 Å². The molecule has 2 heterocycles. The molecular weight excluding hydrogens is 618 g/mol. The van der Waals surface area contributed by atoms with Crippen molar-refractivity contribution in [1.29, 1.82) is 0 Å². The second-order valence-corrected chi connectivity index (χ2v) is 13.0. The van der Waals surface area contributed by atoms with Crippen LogP contribution in [0, 0.1) is 5.41 Å². The Balaban J connectivity index is 1.38. The Kier molecular flexibility index (Phi) is 9.09. The maximum atomic E-state index is 14.3. The highest BCUT2D eigenvalue weighted by atomic mass is 35.5. The standard InChI is InChI=1S/C37H36ClN3O6/c1-37(2)19-28-34(31(43)20-37)36(26-14-13-24(18-27(26)38)47-22-23-8-4-3-5-9-23)41(29-11-6-12-30(42)35(29)40-28)33(45)16-15-32(44)39-21-25-10-7-17-46-25/h3-14,17-18,36,40,42H,15-16,19-22H2,1-2H3,(H,39,44). The van der Waals surface area contributed by atoms with Crippen LogP contribution in [0.3, 0.4) is 0 Å². The summed E-state index contributed by atoms with van der Waals surface area (Å²) in [5, 5.41) is 17.4. The van der Waals surface area contributed by atoms with Gasteiger partial charge >= 0.3 is 0 Å². The van der Waals surface area contributed by atoms with Crippen LogP contribution < -0.4 is 20.3 Å². The van der Waals surface area contributed by atoms with Gasteiger partial charge in [-0.1, -0.05) is 67.9 Å². The maximum Gasteiger partial charge on any atom is 0.228 e. The van der Waals surface area contributed by atoms with Crippen LogP contribution >= 0.6 is 11.6 Å². The van der Waals surface area contributed by atoms with Crippen molar-refractivity contribution < 1.29 is 28.6 Å². The quantitative estimate of drug-likeness (QED) is 0.160. The van der Waals surface area contributed by atoms with Crippen LogP contribution in [0.1, 0.15) is 62.5 Å². The van der Waals surface area contributed by atoms with E-state index in [0.29, 0.717) is 57.8 Å². The number of anilines is 2. The third-order valence-corrected chi connectivity index (χ3v) is 8.72. The number of hydrogen-bond acceptors (Lipinski definition) is 7. The summed E-state index contributed by atoms with van der Waals surface area (Å²) < 4.78 is 11.3. The summed E-state index contributed by atoms with van der Waals surface area (Å²) in [5.41, 5.74) is 2.85. The summed E-state index contributed by atoms with van der Waals surface area (Å²) in [5.74, 6) is 0.180. The van der Waals surface area contributed by atoms with Crippen molar-refractivity contribution in [1.82, 2.24) is 5.32 Å². The minimum atomic E-state index is -0.932. The minimum absolute atomic E-state index is 0.0735. The van der Waals surface area contributed by atoms with Crippen LogP contribution in [-0.2, 0) is 27.5 Å². The molecule has 10 heteroatoms. The van der Waals surface area contributed by atoms with Gasteiger partial charge in [0.15, 0.2) is 5.78 Å². The third kappa shape index (κ3) is 7.05. The summed E-state index contributed by atoms with van der Waals surface area (Å²) in [4.78, 5) is 42.6. The zero-order valence-corrected chi connectivity index (χ0v) is 27.0. The third-order valence-electron chi connectivity index (χ3n) is 8.40. The number of fused-ring (bicyclic) bond motifs is 1. The molecule has 47 heavy (non-hydrogen) atoms. The molecule has 1 atom stereocenters. The van der Waals surface area contributed by atoms with E-state index >= 15 is 0 Å². The zero-order chi connectivity index (χ0) is 33.1. The predicted molar refractivity (Wildman–Crippen MR) is 179 cm³/mol. The number of nitrogens with zero attached hydrogens (tertiary/aromatic N) is 1. The number of phenols is 1. The number of phenolic OH excluding ortho intramolecular Hbond substituents is 1. The number of allylic oxidation sites excluding steroid dienone is 1. The first-order chi connectivity index (χ1) is 22.6. The first kappa shape index (κ1) is 31.9. The van der Waals surface area contributed by atoms with Gasteiger partial charge in [0.1, 0.15) is 29.6 Å². The van der Waals surface area contributed by atoms with Gasteiger partial charge in [0, 0.05) is 35.6 Å². The first-order valence-electron chi connectivity index (χ1n) is 15.5. The predicted octanol–water partition coefficient (Wildman–Crippen LogP) is 7.46. The van der Waals surface area contributed by atoms with Crippen molar-refractivity contribution in [3.05, 3.63) is 118 Å². The van der Waals surface area contributed by atoms with Crippen molar-refractivity contribution in [3.8, 4) is 11.5 Å². The number of carbonyl (C=O) groups is 3. The number of furan rings is 1. The van der Waals surface area contributed by atoms with Gasteiger partial charge in [0.25, 0.3) is 0 Å². The molecular formula is C37H36ClN3O6. The second kappa shape index (κ2) is 13.4. The summed E-state index contributed by atoms with van der Waals surface area (Å²) >= 11 is 6.98. The largest absolute Gasteiger partial charge is 0.506 e. The van der Waals surface area contributed by atoms with Gasteiger partial charge in [0.2, 0.25) is 11.8 Å². The fraction of sp³-hybridized carbons (Fsp3) is 0.270.